The van der Waals surface area contributed by atoms with Crippen LogP contribution in [0.15, 0.2) is 36.1 Å². The number of ether oxygens (including phenoxy) is 1. The van der Waals surface area contributed by atoms with Gasteiger partial charge in [-0.15, -0.1) is 0 Å². The van der Waals surface area contributed by atoms with E-state index >= 15 is 0 Å². The molecule has 0 atom stereocenters. The molecular formula is C19H28O3. The zero-order chi connectivity index (χ0) is 16.2. The highest BCUT2D eigenvalue weighted by molar-refractivity contribution is 5.94. The monoisotopic (exact) mass is 304 g/mol. The number of unbranched alkanes of at least 4 members (excludes halogenated alkanes) is 6. The van der Waals surface area contributed by atoms with Gasteiger partial charge in [-0.05, 0) is 18.4 Å². The van der Waals surface area contributed by atoms with Crippen molar-refractivity contribution in [2.24, 2.45) is 0 Å². The maximum atomic E-state index is 11.4. The molecule has 122 valence electrons. The van der Waals surface area contributed by atoms with Crippen LogP contribution in [-0.4, -0.2) is 18.2 Å². The molecule has 0 bridgehead atoms. The number of carboxylic acid groups (broad SMARTS) is 1. The summed E-state index contributed by atoms with van der Waals surface area (Å²) in [6.07, 6.45) is 9.24. The molecule has 0 aliphatic heterocycles. The molecular weight excluding hydrogens is 276 g/mol. The second-order valence-electron chi connectivity index (χ2n) is 5.55. The number of aliphatic carboxylic acids is 1. The molecule has 0 aliphatic carbocycles. The first-order chi connectivity index (χ1) is 10.7. The maximum Gasteiger partial charge on any atom is 0.371 e. The van der Waals surface area contributed by atoms with Crippen LogP contribution in [0.3, 0.4) is 0 Å². The van der Waals surface area contributed by atoms with Crippen molar-refractivity contribution >= 4 is 11.5 Å². The van der Waals surface area contributed by atoms with E-state index in [-0.39, 0.29) is 5.76 Å². The standard InChI is InChI=1S/C19H28O3/c1-3-4-5-6-7-8-12-15-17(18(22-2)19(20)21)16-13-10-9-11-14-16/h9-11,13-14H,3-8,12,15H2,1-2H3,(H,20,21). The van der Waals surface area contributed by atoms with Crippen LogP contribution in [0.2, 0.25) is 0 Å². The fourth-order valence-electron chi connectivity index (χ4n) is 2.63. The first kappa shape index (κ1) is 18.3. The van der Waals surface area contributed by atoms with Crippen LogP contribution in [0, 0.1) is 0 Å². The zero-order valence-electron chi connectivity index (χ0n) is 13.8. The molecule has 0 saturated heterocycles. The molecule has 0 fully saturated rings. The fourth-order valence-corrected chi connectivity index (χ4v) is 2.63. The van der Waals surface area contributed by atoms with Crippen LogP contribution in [0.4, 0.5) is 0 Å². The van der Waals surface area contributed by atoms with Crippen molar-refractivity contribution in [1.29, 1.82) is 0 Å². The minimum atomic E-state index is -0.996. The number of hydrogen-bond donors (Lipinski definition) is 1. The van der Waals surface area contributed by atoms with Crippen molar-refractivity contribution in [3.63, 3.8) is 0 Å². The van der Waals surface area contributed by atoms with Crippen molar-refractivity contribution in [1.82, 2.24) is 0 Å². The topological polar surface area (TPSA) is 46.5 Å². The number of allylic oxidation sites excluding steroid dienone is 1. The Morgan fingerprint density at radius 3 is 2.14 bits per heavy atom. The number of carboxylic acids is 1. The van der Waals surface area contributed by atoms with Gasteiger partial charge in [0.1, 0.15) is 0 Å². The van der Waals surface area contributed by atoms with E-state index in [0.717, 1.165) is 30.4 Å². The lowest BCUT2D eigenvalue weighted by Crippen LogP contribution is -2.06. The molecule has 1 rings (SSSR count). The lowest BCUT2D eigenvalue weighted by molar-refractivity contribution is -0.135. The predicted molar refractivity (Wildman–Crippen MR) is 90.6 cm³/mol. The van der Waals surface area contributed by atoms with Gasteiger partial charge in [0.15, 0.2) is 0 Å². The molecule has 1 aromatic carbocycles. The van der Waals surface area contributed by atoms with Gasteiger partial charge in [-0.1, -0.05) is 75.8 Å². The summed E-state index contributed by atoms with van der Waals surface area (Å²) in [5.41, 5.74) is 1.73. The van der Waals surface area contributed by atoms with Gasteiger partial charge in [-0.25, -0.2) is 4.79 Å². The van der Waals surface area contributed by atoms with Crippen LogP contribution < -0.4 is 0 Å². The Balaban J connectivity index is 2.63. The molecule has 1 N–H and O–H groups in total. The van der Waals surface area contributed by atoms with Gasteiger partial charge in [-0.3, -0.25) is 0 Å². The summed E-state index contributed by atoms with van der Waals surface area (Å²) >= 11 is 0. The SMILES string of the molecule is CCCCCCCCCC(=C(OC)C(=O)O)c1ccccc1. The molecule has 1 aromatic rings. The second-order valence-corrected chi connectivity index (χ2v) is 5.55. The van der Waals surface area contributed by atoms with Crippen LogP contribution in [-0.2, 0) is 9.53 Å². The summed E-state index contributed by atoms with van der Waals surface area (Å²) in [6, 6.07) is 9.67. The number of hydrogen-bond acceptors (Lipinski definition) is 2. The molecule has 0 aromatic heterocycles. The van der Waals surface area contributed by atoms with Gasteiger partial charge in [0.2, 0.25) is 5.76 Å². The van der Waals surface area contributed by atoms with E-state index in [4.69, 9.17) is 4.74 Å². The summed E-state index contributed by atoms with van der Waals surface area (Å²) in [5, 5.41) is 9.32. The number of benzene rings is 1. The van der Waals surface area contributed by atoms with Gasteiger partial charge in [-0.2, -0.15) is 0 Å². The first-order valence-electron chi connectivity index (χ1n) is 8.26. The van der Waals surface area contributed by atoms with Gasteiger partial charge in [0.25, 0.3) is 0 Å². The van der Waals surface area contributed by atoms with E-state index in [0.29, 0.717) is 0 Å². The molecule has 22 heavy (non-hydrogen) atoms. The van der Waals surface area contributed by atoms with Crippen molar-refractivity contribution in [3.05, 3.63) is 41.7 Å². The summed E-state index contributed by atoms with van der Waals surface area (Å²) in [4.78, 5) is 11.4. The minimum Gasteiger partial charge on any atom is -0.490 e. The number of rotatable bonds is 11. The van der Waals surface area contributed by atoms with E-state index in [2.05, 4.69) is 6.92 Å². The third-order valence-electron chi connectivity index (χ3n) is 3.83. The lowest BCUT2D eigenvalue weighted by Gasteiger charge is -2.12. The second kappa shape index (κ2) is 10.9. The summed E-state index contributed by atoms with van der Waals surface area (Å²) in [5.74, 6) is -0.929. The summed E-state index contributed by atoms with van der Waals surface area (Å²) in [7, 11) is 1.43. The normalized spacial score (nSPS) is 11.9. The molecule has 3 heteroatoms. The third-order valence-corrected chi connectivity index (χ3v) is 3.83. The zero-order valence-corrected chi connectivity index (χ0v) is 13.8. The van der Waals surface area contributed by atoms with Crippen molar-refractivity contribution in [2.75, 3.05) is 7.11 Å². The van der Waals surface area contributed by atoms with Crippen LogP contribution in [0.1, 0.15) is 63.9 Å². The molecule has 0 radical (unpaired) electrons. The van der Waals surface area contributed by atoms with Gasteiger partial charge >= 0.3 is 5.97 Å². The Kier molecular flexibility index (Phi) is 9.04. The largest absolute Gasteiger partial charge is 0.490 e. The van der Waals surface area contributed by atoms with Crippen LogP contribution >= 0.6 is 0 Å². The Hall–Kier alpha value is -1.77. The molecule has 0 saturated carbocycles. The van der Waals surface area contributed by atoms with E-state index < -0.39 is 5.97 Å². The first-order valence-corrected chi connectivity index (χ1v) is 8.26. The molecule has 0 spiro atoms. The lowest BCUT2D eigenvalue weighted by atomic mass is 9.97. The maximum absolute atomic E-state index is 11.4. The number of carbonyl (C=O) groups is 1. The number of methoxy groups -OCH3 is 1. The third kappa shape index (κ3) is 6.33. The van der Waals surface area contributed by atoms with Crippen molar-refractivity contribution < 1.29 is 14.6 Å². The summed E-state index contributed by atoms with van der Waals surface area (Å²) in [6.45, 7) is 2.22. The van der Waals surface area contributed by atoms with Gasteiger partial charge < -0.3 is 9.84 Å². The van der Waals surface area contributed by atoms with Crippen molar-refractivity contribution in [3.8, 4) is 0 Å². The highest BCUT2D eigenvalue weighted by Crippen LogP contribution is 2.26. The Bertz CT molecular complexity index is 463. The Morgan fingerprint density at radius 2 is 1.59 bits per heavy atom. The Labute approximate surface area is 134 Å². The smallest absolute Gasteiger partial charge is 0.371 e. The van der Waals surface area contributed by atoms with E-state index in [1.807, 2.05) is 30.3 Å². The Morgan fingerprint density at radius 1 is 1.00 bits per heavy atom. The highest BCUT2D eigenvalue weighted by Gasteiger charge is 2.16. The quantitative estimate of drug-likeness (QED) is 0.344. The van der Waals surface area contributed by atoms with Gasteiger partial charge in [0.05, 0.1) is 7.11 Å². The average Bonchev–Trinajstić information content (AvgIpc) is 2.53. The predicted octanol–water partition coefficient (Wildman–Crippen LogP) is 5.27. The van der Waals surface area contributed by atoms with Crippen LogP contribution in [0.25, 0.3) is 5.57 Å². The van der Waals surface area contributed by atoms with Crippen LogP contribution in [0.5, 0.6) is 0 Å². The average molecular weight is 304 g/mol. The fraction of sp³-hybridized carbons (Fsp3) is 0.526. The highest BCUT2D eigenvalue weighted by atomic mass is 16.5. The van der Waals surface area contributed by atoms with E-state index in [1.54, 1.807) is 0 Å². The van der Waals surface area contributed by atoms with Crippen molar-refractivity contribution in [2.45, 2.75) is 58.3 Å². The molecule has 0 aliphatic rings. The minimum absolute atomic E-state index is 0.0668. The summed E-state index contributed by atoms with van der Waals surface area (Å²) < 4.78 is 5.12. The molecule has 0 heterocycles. The molecule has 0 amide bonds. The van der Waals surface area contributed by atoms with Gasteiger partial charge in [0, 0.05) is 5.57 Å². The molecule has 3 nitrogen and oxygen atoms in total. The van der Waals surface area contributed by atoms with E-state index in [1.165, 1.54) is 39.2 Å². The molecule has 0 unspecified atom stereocenters. The van der Waals surface area contributed by atoms with E-state index in [9.17, 15) is 9.90 Å².